The second-order valence-electron chi connectivity index (χ2n) is 19.1. The Hall–Kier alpha value is -6.04. The van der Waals surface area contributed by atoms with Gasteiger partial charge >= 0.3 is 5.97 Å². The van der Waals surface area contributed by atoms with E-state index in [2.05, 4.69) is 31.3 Å². The number of nitrogens with one attached hydrogen (secondary N) is 4. The molecule has 24 nitrogen and oxygen atoms in total. The van der Waals surface area contributed by atoms with Crippen LogP contribution in [0.25, 0.3) is 0 Å². The van der Waals surface area contributed by atoms with Crippen LogP contribution in [0.15, 0.2) is 9.98 Å². The zero-order chi connectivity index (χ0) is 56.0. The van der Waals surface area contributed by atoms with Gasteiger partial charge in [0, 0.05) is 68.4 Å². The van der Waals surface area contributed by atoms with Gasteiger partial charge in [-0.05, 0) is 70.3 Å². The Morgan fingerprint density at radius 1 is 0.493 bits per heavy atom. The molecule has 416 valence electrons. The molecule has 0 aromatic heterocycles. The molecule has 73 heavy (non-hydrogen) atoms. The van der Waals surface area contributed by atoms with Gasteiger partial charge in [0.1, 0.15) is 6.04 Å². The third-order valence-corrected chi connectivity index (χ3v) is 13.3. The van der Waals surface area contributed by atoms with Gasteiger partial charge in [-0.2, -0.15) is 0 Å². The van der Waals surface area contributed by atoms with Crippen LogP contribution in [0.1, 0.15) is 145 Å². The highest BCUT2D eigenvalue weighted by molar-refractivity contribution is 5.98. The van der Waals surface area contributed by atoms with Crippen LogP contribution in [0.2, 0.25) is 0 Å². The first-order valence-electron chi connectivity index (χ1n) is 25.5. The molecule has 0 bridgehead atoms. The Labute approximate surface area is 429 Å². The van der Waals surface area contributed by atoms with Crippen molar-refractivity contribution in [1.82, 2.24) is 21.3 Å². The smallest absolute Gasteiger partial charge is 0.305 e. The van der Waals surface area contributed by atoms with E-state index in [-0.39, 0.29) is 62.5 Å². The lowest BCUT2D eigenvalue weighted by Crippen LogP contribution is -2.50. The fourth-order valence-electron chi connectivity index (χ4n) is 8.06. The molecule has 0 aliphatic rings. The molecule has 0 rings (SSSR count). The Balaban J connectivity index is 6.31. The number of nitrogens with zero attached hydrogens (tertiary/aromatic N) is 2. The number of aliphatic hydroxyl groups is 1. The number of unbranched alkanes of at least 4 members (excludes halogenated alkanes) is 1. The summed E-state index contributed by atoms with van der Waals surface area (Å²) in [5.74, 6) is -12.9. The maximum atomic E-state index is 14.0. The number of primary amides is 1. The monoisotopic (exact) mass is 1040 g/mol. The number of hydrogen-bond acceptors (Lipinski definition) is 14. The quantitative estimate of drug-likeness (QED) is 0.0210. The van der Waals surface area contributed by atoms with E-state index in [0.717, 1.165) is 6.42 Å². The van der Waals surface area contributed by atoms with Crippen LogP contribution in [0, 0.1) is 41.4 Å². The summed E-state index contributed by atoms with van der Waals surface area (Å²) in [5, 5.41) is 30.3. The number of rotatable bonds is 41. The number of guanidine groups is 2. The number of carboxylic acids is 1. The molecular weight excluding hydrogens is 949 g/mol. The number of aliphatic hydroxyl groups excluding tert-OH is 1. The molecule has 0 unspecified atom stereocenters. The Morgan fingerprint density at radius 2 is 0.973 bits per heavy atom. The number of Topliss-reactive ketones (excluding diaryl/α,β-unsaturated/α-hetero) is 4. The second-order valence-corrected chi connectivity index (χ2v) is 19.1. The van der Waals surface area contributed by atoms with Crippen molar-refractivity contribution in [3.05, 3.63) is 0 Å². The van der Waals surface area contributed by atoms with Crippen LogP contribution in [0.3, 0.4) is 0 Å². The number of ketones is 4. The average molecular weight is 1040 g/mol. The third kappa shape index (κ3) is 26.5. The molecule has 0 heterocycles. The van der Waals surface area contributed by atoms with Crippen molar-refractivity contribution in [3.63, 3.8) is 0 Å². The molecule has 0 aromatic rings. The number of carboxylic acid groups (broad SMARTS) is 1. The molecule has 11 atom stereocenters. The summed E-state index contributed by atoms with van der Waals surface area (Å²) in [6, 6.07) is -5.29. The summed E-state index contributed by atoms with van der Waals surface area (Å²) in [6.45, 7) is 11.5. The standard InChI is InChI=1S/C49H88N12O12/c1-8-27(4)33(43(51)69)23-38(63)30(7)58-47(73)34(28(5)9-2)24-41(66)36(25-42(67)68)60-44(70)29(6)21-39(64)37(26-62)61-46(72)32(16-13-19-56-48(52)53)22-40(65)35(17-14-20-57-49(54)55)59-45(71)31(10-3)15-11-12-18-50/h27-37,62H,8-26,50H2,1-7H3,(H2,51,69)(H,58,73)(H,59,71)(H,60,70)(H,61,72)(H,67,68)(H4,52,53,56)(H4,54,55,57)/t27-,28-,29+,30-,31-,32+,33-,34-,35-,36-,37-/m0/s1. The maximum Gasteiger partial charge on any atom is 0.305 e. The van der Waals surface area contributed by atoms with Crippen LogP contribution < -0.4 is 55.7 Å². The number of aliphatic imine (C=N–C) groups is 2. The van der Waals surface area contributed by atoms with E-state index >= 15 is 0 Å². The van der Waals surface area contributed by atoms with Gasteiger partial charge in [-0.1, -0.05) is 60.8 Å². The van der Waals surface area contributed by atoms with Gasteiger partial charge in [0.25, 0.3) is 0 Å². The van der Waals surface area contributed by atoms with Crippen LogP contribution >= 0.6 is 0 Å². The van der Waals surface area contributed by atoms with Crippen molar-refractivity contribution in [3.8, 4) is 0 Å². The summed E-state index contributed by atoms with van der Waals surface area (Å²) in [5.41, 5.74) is 33.1. The third-order valence-electron chi connectivity index (χ3n) is 13.3. The minimum absolute atomic E-state index is 0.0380. The van der Waals surface area contributed by atoms with Gasteiger partial charge in [0.15, 0.2) is 35.1 Å². The largest absolute Gasteiger partial charge is 0.481 e. The molecule has 0 saturated heterocycles. The normalized spacial score (nSPS) is 15.7. The summed E-state index contributed by atoms with van der Waals surface area (Å²) in [4.78, 5) is 141. The summed E-state index contributed by atoms with van der Waals surface area (Å²) in [6.07, 6.45) is 1.59. The van der Waals surface area contributed by atoms with Gasteiger partial charge in [0.05, 0.1) is 31.2 Å². The van der Waals surface area contributed by atoms with E-state index in [1.165, 1.54) is 13.8 Å². The summed E-state index contributed by atoms with van der Waals surface area (Å²) >= 11 is 0. The molecule has 24 heteroatoms. The van der Waals surface area contributed by atoms with Crippen molar-refractivity contribution in [1.29, 1.82) is 0 Å². The van der Waals surface area contributed by atoms with Crippen LogP contribution in [0.5, 0.6) is 0 Å². The fraction of sp³-hybridized carbons (Fsp3) is 0.755. The van der Waals surface area contributed by atoms with Gasteiger partial charge in [-0.25, -0.2) is 0 Å². The van der Waals surface area contributed by atoms with E-state index < -0.39 is 145 Å². The van der Waals surface area contributed by atoms with Gasteiger partial charge in [0.2, 0.25) is 29.5 Å². The molecular formula is C49H88N12O12. The molecule has 0 aliphatic heterocycles. The van der Waals surface area contributed by atoms with Crippen LogP contribution in [0.4, 0.5) is 0 Å². The van der Waals surface area contributed by atoms with E-state index in [1.54, 1.807) is 20.8 Å². The summed E-state index contributed by atoms with van der Waals surface area (Å²) < 4.78 is 0. The van der Waals surface area contributed by atoms with E-state index in [1.807, 2.05) is 13.8 Å². The predicted molar refractivity (Wildman–Crippen MR) is 275 cm³/mol. The Morgan fingerprint density at radius 3 is 1.48 bits per heavy atom. The van der Waals surface area contributed by atoms with E-state index in [0.29, 0.717) is 45.1 Å². The number of aliphatic carboxylic acids is 1. The first-order chi connectivity index (χ1) is 34.3. The van der Waals surface area contributed by atoms with Gasteiger partial charge < -0.3 is 65.9 Å². The second kappa shape index (κ2) is 36.0. The van der Waals surface area contributed by atoms with E-state index in [4.69, 9.17) is 34.4 Å². The highest BCUT2D eigenvalue weighted by Gasteiger charge is 2.36. The number of carbonyl (C=O) groups excluding carboxylic acids is 9. The fourth-order valence-corrected chi connectivity index (χ4v) is 8.06. The minimum atomic E-state index is -1.64. The number of carbonyl (C=O) groups is 10. The molecule has 0 saturated carbocycles. The highest BCUT2D eigenvalue weighted by atomic mass is 16.4. The maximum absolute atomic E-state index is 14.0. The van der Waals surface area contributed by atoms with Crippen LogP contribution in [-0.2, 0) is 47.9 Å². The molecule has 0 spiro atoms. The first kappa shape index (κ1) is 67.0. The Bertz CT molecular complexity index is 1890. The number of hydrogen-bond donors (Lipinski definition) is 12. The SMILES string of the molecule is CC[C@@H](CCCCN)C(=O)N[C@@H](CCCN=C(N)N)C(=O)C[C@@H](CCCN=C(N)N)C(=O)N[C@@H](CO)C(=O)C[C@@H](C)C(=O)N[C@@H](CC(=O)O)C(=O)C[C@H](C(=O)N[C@@H](C)C(=O)C[C@H](C(N)=O)[C@@H](C)CC)[C@@H](C)CC. The topological polar surface area (TPSA) is 440 Å². The van der Waals surface area contributed by atoms with Crippen molar-refractivity contribution in [2.75, 3.05) is 26.2 Å². The number of amides is 5. The predicted octanol–water partition coefficient (Wildman–Crippen LogP) is -0.426. The van der Waals surface area contributed by atoms with E-state index in [9.17, 15) is 58.2 Å². The molecule has 0 aliphatic carbocycles. The highest BCUT2D eigenvalue weighted by Crippen LogP contribution is 2.24. The van der Waals surface area contributed by atoms with Crippen molar-refractivity contribution < 1.29 is 58.2 Å². The van der Waals surface area contributed by atoms with Crippen molar-refractivity contribution >= 4 is 70.6 Å². The minimum Gasteiger partial charge on any atom is -0.481 e. The lowest BCUT2D eigenvalue weighted by atomic mass is 9.84. The lowest BCUT2D eigenvalue weighted by molar-refractivity contribution is -0.141. The molecule has 0 fully saturated rings. The average Bonchev–Trinajstić information content (AvgIpc) is 3.32. The summed E-state index contributed by atoms with van der Waals surface area (Å²) in [7, 11) is 0. The first-order valence-corrected chi connectivity index (χ1v) is 25.5. The zero-order valence-electron chi connectivity index (χ0n) is 44.1. The van der Waals surface area contributed by atoms with Crippen LogP contribution in [-0.4, -0.2) is 131 Å². The zero-order valence-corrected chi connectivity index (χ0v) is 44.1. The number of nitrogens with two attached hydrogens (primary N) is 6. The molecule has 0 aromatic carbocycles. The van der Waals surface area contributed by atoms with Crippen molar-refractivity contribution in [2.24, 2.45) is 85.8 Å². The molecule has 5 amide bonds. The lowest BCUT2D eigenvalue weighted by Gasteiger charge is -2.27. The van der Waals surface area contributed by atoms with Gasteiger partial charge in [-0.3, -0.25) is 57.9 Å². The van der Waals surface area contributed by atoms with Crippen molar-refractivity contribution in [2.45, 2.75) is 169 Å². The molecule has 0 radical (unpaired) electrons. The molecule has 18 N–H and O–H groups in total. The Kier molecular flexibility index (Phi) is 33.0. The van der Waals surface area contributed by atoms with Gasteiger partial charge in [-0.15, -0.1) is 0 Å².